The lowest BCUT2D eigenvalue weighted by Gasteiger charge is -2.11. The van der Waals surface area contributed by atoms with Gasteiger partial charge in [0.2, 0.25) is 10.0 Å². The van der Waals surface area contributed by atoms with Crippen LogP contribution >= 0.6 is 0 Å². The van der Waals surface area contributed by atoms with Crippen molar-refractivity contribution < 1.29 is 13.2 Å². The molecule has 0 aromatic heterocycles. The second kappa shape index (κ2) is 7.57. The van der Waals surface area contributed by atoms with Crippen LogP contribution in [0, 0.1) is 0 Å². The Kier molecular flexibility index (Phi) is 5.24. The standard InChI is InChI=1S/C20H21NO3S/c1-2-3-14-25(22,23)21-17-10-7-11-18(15-17)24-20-13-6-9-16-8-4-5-12-19(16)20/h4-13,15,21H,2-3,14H2,1H3. The smallest absolute Gasteiger partial charge is 0.232 e. The van der Waals surface area contributed by atoms with E-state index in [4.69, 9.17) is 4.74 Å². The zero-order valence-corrected chi connectivity index (χ0v) is 14.9. The quantitative estimate of drug-likeness (QED) is 0.636. The van der Waals surface area contributed by atoms with Crippen LogP contribution in [0.5, 0.6) is 11.5 Å². The van der Waals surface area contributed by atoms with Crippen molar-refractivity contribution in [2.75, 3.05) is 10.5 Å². The maximum absolute atomic E-state index is 12.1. The fourth-order valence-corrected chi connectivity index (χ4v) is 3.86. The molecule has 3 aromatic rings. The molecule has 0 spiro atoms. The van der Waals surface area contributed by atoms with Crippen LogP contribution in [0.25, 0.3) is 10.8 Å². The fourth-order valence-electron chi connectivity index (χ4n) is 2.60. The minimum Gasteiger partial charge on any atom is -0.457 e. The van der Waals surface area contributed by atoms with Crippen molar-refractivity contribution >= 4 is 26.5 Å². The summed E-state index contributed by atoms with van der Waals surface area (Å²) in [6.07, 6.45) is 1.48. The van der Waals surface area contributed by atoms with E-state index in [9.17, 15) is 8.42 Å². The molecule has 130 valence electrons. The average molecular weight is 355 g/mol. The van der Waals surface area contributed by atoms with Gasteiger partial charge in [0.1, 0.15) is 11.5 Å². The summed E-state index contributed by atoms with van der Waals surface area (Å²) in [5.74, 6) is 1.45. The Bertz CT molecular complexity index is 962. The monoisotopic (exact) mass is 355 g/mol. The van der Waals surface area contributed by atoms with E-state index in [0.717, 1.165) is 22.9 Å². The van der Waals surface area contributed by atoms with Crippen molar-refractivity contribution in [1.29, 1.82) is 0 Å². The topological polar surface area (TPSA) is 55.4 Å². The number of benzene rings is 3. The lowest BCUT2D eigenvalue weighted by Crippen LogP contribution is -2.16. The molecule has 0 atom stereocenters. The summed E-state index contributed by atoms with van der Waals surface area (Å²) in [6.45, 7) is 1.97. The Morgan fingerprint density at radius 1 is 0.960 bits per heavy atom. The summed E-state index contributed by atoms with van der Waals surface area (Å²) in [6, 6.07) is 20.9. The predicted octanol–water partition coefficient (Wildman–Crippen LogP) is 5.17. The Hall–Kier alpha value is -2.53. The highest BCUT2D eigenvalue weighted by atomic mass is 32.2. The van der Waals surface area contributed by atoms with Crippen molar-refractivity contribution in [3.8, 4) is 11.5 Å². The number of nitrogens with one attached hydrogen (secondary N) is 1. The Labute approximate surface area is 148 Å². The van der Waals surface area contributed by atoms with Gasteiger partial charge >= 0.3 is 0 Å². The molecule has 25 heavy (non-hydrogen) atoms. The average Bonchev–Trinajstić information content (AvgIpc) is 2.60. The summed E-state index contributed by atoms with van der Waals surface area (Å²) >= 11 is 0. The summed E-state index contributed by atoms with van der Waals surface area (Å²) < 4.78 is 32.7. The van der Waals surface area contributed by atoms with Crippen molar-refractivity contribution in [1.82, 2.24) is 0 Å². The van der Waals surface area contributed by atoms with Crippen LogP contribution in [0.2, 0.25) is 0 Å². The molecule has 0 saturated heterocycles. The molecule has 3 aromatic carbocycles. The molecule has 0 heterocycles. The predicted molar refractivity (Wildman–Crippen MR) is 103 cm³/mol. The first-order chi connectivity index (χ1) is 12.1. The molecule has 4 nitrogen and oxygen atoms in total. The minimum absolute atomic E-state index is 0.123. The Morgan fingerprint density at radius 3 is 2.56 bits per heavy atom. The molecule has 0 bridgehead atoms. The van der Waals surface area contributed by atoms with Crippen molar-refractivity contribution in [2.24, 2.45) is 0 Å². The van der Waals surface area contributed by atoms with E-state index in [2.05, 4.69) is 4.72 Å². The number of hydrogen-bond acceptors (Lipinski definition) is 3. The van der Waals surface area contributed by atoms with Gasteiger partial charge in [0.25, 0.3) is 0 Å². The molecule has 0 aliphatic carbocycles. The number of ether oxygens (including phenoxy) is 1. The van der Waals surface area contributed by atoms with Crippen LogP contribution in [0.4, 0.5) is 5.69 Å². The second-order valence-corrected chi connectivity index (χ2v) is 7.72. The lowest BCUT2D eigenvalue weighted by atomic mass is 10.1. The molecule has 1 N–H and O–H groups in total. The van der Waals surface area contributed by atoms with E-state index >= 15 is 0 Å². The number of rotatable bonds is 7. The Balaban J connectivity index is 1.82. The van der Waals surface area contributed by atoms with E-state index in [0.29, 0.717) is 17.9 Å². The summed E-state index contributed by atoms with van der Waals surface area (Å²) in [7, 11) is -3.33. The van der Waals surface area contributed by atoms with Crippen molar-refractivity contribution in [3.05, 3.63) is 66.7 Å². The molecule has 3 rings (SSSR count). The first kappa shape index (κ1) is 17.3. The molecule has 0 unspecified atom stereocenters. The molecule has 0 amide bonds. The number of anilines is 1. The van der Waals surface area contributed by atoms with Gasteiger partial charge in [0, 0.05) is 11.5 Å². The highest BCUT2D eigenvalue weighted by Gasteiger charge is 2.10. The number of sulfonamides is 1. The molecule has 0 fully saturated rings. The molecule has 0 saturated carbocycles. The summed E-state index contributed by atoms with van der Waals surface area (Å²) in [4.78, 5) is 0. The van der Waals surface area contributed by atoms with E-state index in [1.54, 1.807) is 18.2 Å². The zero-order valence-electron chi connectivity index (χ0n) is 14.1. The summed E-state index contributed by atoms with van der Waals surface area (Å²) in [5, 5.41) is 2.11. The van der Waals surface area contributed by atoms with Gasteiger partial charge in [-0.3, -0.25) is 4.72 Å². The molecule has 5 heteroatoms. The largest absolute Gasteiger partial charge is 0.457 e. The number of hydrogen-bond donors (Lipinski definition) is 1. The Morgan fingerprint density at radius 2 is 1.72 bits per heavy atom. The van der Waals surface area contributed by atoms with E-state index in [1.807, 2.05) is 55.5 Å². The van der Waals surface area contributed by atoms with Crippen LogP contribution < -0.4 is 9.46 Å². The van der Waals surface area contributed by atoms with Gasteiger partial charge in [-0.2, -0.15) is 0 Å². The second-order valence-electron chi connectivity index (χ2n) is 5.88. The van der Waals surface area contributed by atoms with Crippen LogP contribution in [0.3, 0.4) is 0 Å². The molecular formula is C20H21NO3S. The lowest BCUT2D eigenvalue weighted by molar-refractivity contribution is 0.488. The normalized spacial score (nSPS) is 11.4. The SMILES string of the molecule is CCCCS(=O)(=O)Nc1cccc(Oc2cccc3ccccc23)c1. The van der Waals surface area contributed by atoms with Crippen LogP contribution in [-0.4, -0.2) is 14.2 Å². The van der Waals surface area contributed by atoms with Gasteiger partial charge < -0.3 is 4.74 Å². The van der Waals surface area contributed by atoms with Crippen molar-refractivity contribution in [2.45, 2.75) is 19.8 Å². The summed E-state index contributed by atoms with van der Waals surface area (Å²) in [5.41, 5.74) is 0.508. The van der Waals surface area contributed by atoms with Gasteiger partial charge in [0.15, 0.2) is 0 Å². The zero-order chi connectivity index (χ0) is 17.7. The number of fused-ring (bicyclic) bond motifs is 1. The van der Waals surface area contributed by atoms with Gasteiger partial charge in [0.05, 0.1) is 11.4 Å². The van der Waals surface area contributed by atoms with Gasteiger partial charge in [-0.15, -0.1) is 0 Å². The van der Waals surface area contributed by atoms with Crippen molar-refractivity contribution in [3.63, 3.8) is 0 Å². The molecule has 0 aliphatic rings. The van der Waals surface area contributed by atoms with E-state index in [-0.39, 0.29) is 5.75 Å². The first-order valence-electron chi connectivity index (χ1n) is 8.33. The molecule has 0 radical (unpaired) electrons. The van der Waals surface area contributed by atoms with Crippen LogP contribution in [-0.2, 0) is 10.0 Å². The van der Waals surface area contributed by atoms with E-state index < -0.39 is 10.0 Å². The fraction of sp³-hybridized carbons (Fsp3) is 0.200. The third-order valence-electron chi connectivity index (χ3n) is 3.85. The highest BCUT2D eigenvalue weighted by Crippen LogP contribution is 2.31. The molecule has 0 aliphatic heterocycles. The number of unbranched alkanes of at least 4 members (excludes halogenated alkanes) is 1. The third kappa shape index (κ3) is 4.51. The highest BCUT2D eigenvalue weighted by molar-refractivity contribution is 7.92. The first-order valence-corrected chi connectivity index (χ1v) is 9.99. The van der Waals surface area contributed by atoms with Crippen LogP contribution in [0.1, 0.15) is 19.8 Å². The van der Waals surface area contributed by atoms with E-state index in [1.165, 1.54) is 0 Å². The molecular weight excluding hydrogens is 334 g/mol. The van der Waals surface area contributed by atoms with Gasteiger partial charge in [-0.1, -0.05) is 55.8 Å². The van der Waals surface area contributed by atoms with Gasteiger partial charge in [-0.25, -0.2) is 8.42 Å². The van der Waals surface area contributed by atoms with Gasteiger partial charge in [-0.05, 0) is 30.0 Å². The maximum Gasteiger partial charge on any atom is 0.232 e. The minimum atomic E-state index is -3.33. The van der Waals surface area contributed by atoms with Crippen LogP contribution in [0.15, 0.2) is 66.7 Å². The maximum atomic E-state index is 12.1. The third-order valence-corrected chi connectivity index (χ3v) is 5.22.